The Morgan fingerprint density at radius 2 is 1.68 bits per heavy atom. The number of hydrogen-bond donors (Lipinski definition) is 1. The Kier molecular flexibility index (Phi) is 5.30. The zero-order valence-corrected chi connectivity index (χ0v) is 17.4. The molecule has 1 aliphatic rings. The monoisotopic (exact) mass is 416 g/mol. The van der Waals surface area contributed by atoms with Gasteiger partial charge in [0.15, 0.2) is 5.58 Å². The molecule has 3 aromatic carbocycles. The van der Waals surface area contributed by atoms with Crippen molar-refractivity contribution >= 4 is 27.8 Å². The van der Waals surface area contributed by atoms with Gasteiger partial charge in [0, 0.05) is 18.5 Å². The molecule has 4 aromatic rings. The van der Waals surface area contributed by atoms with Gasteiger partial charge in [-0.25, -0.2) is 4.79 Å². The van der Waals surface area contributed by atoms with Gasteiger partial charge in [0.05, 0.1) is 31.7 Å². The molecule has 1 aromatic heterocycles. The van der Waals surface area contributed by atoms with Crippen molar-refractivity contribution in [2.75, 3.05) is 26.2 Å². The van der Waals surface area contributed by atoms with Crippen molar-refractivity contribution in [2.45, 2.75) is 19.5 Å². The fourth-order valence-corrected chi connectivity index (χ4v) is 4.56. The van der Waals surface area contributed by atoms with Gasteiger partial charge in [0.1, 0.15) is 6.54 Å². The number of hydrogen-bond acceptors (Lipinski definition) is 3. The van der Waals surface area contributed by atoms with Crippen LogP contribution < -0.4 is 10.7 Å². The number of aryl methyl sites for hydroxylation is 1. The van der Waals surface area contributed by atoms with Crippen LogP contribution in [0, 0.1) is 0 Å². The van der Waals surface area contributed by atoms with E-state index < -0.39 is 5.76 Å². The third-order valence-corrected chi connectivity index (χ3v) is 6.27. The highest BCUT2D eigenvalue weighted by Gasteiger charge is 2.24. The molecular formula is C25H26N3O3+. The van der Waals surface area contributed by atoms with Gasteiger partial charge in [-0.05, 0) is 22.9 Å². The fraction of sp³-hybridized carbons (Fsp3) is 0.280. The minimum Gasteiger partial charge on any atom is -0.408 e. The molecule has 0 unspecified atom stereocenters. The zero-order valence-electron chi connectivity index (χ0n) is 17.4. The number of piperazine rings is 1. The number of nitrogens with zero attached hydrogens (tertiary/aromatic N) is 2. The maximum atomic E-state index is 12.8. The summed E-state index contributed by atoms with van der Waals surface area (Å²) >= 11 is 0. The average Bonchev–Trinajstić information content (AvgIpc) is 3.13. The third-order valence-electron chi connectivity index (χ3n) is 6.27. The predicted octanol–water partition coefficient (Wildman–Crippen LogP) is 2.07. The molecule has 2 heterocycles. The molecule has 0 bridgehead atoms. The van der Waals surface area contributed by atoms with Gasteiger partial charge in [0.25, 0.3) is 0 Å². The molecule has 0 spiro atoms. The predicted molar refractivity (Wildman–Crippen MR) is 120 cm³/mol. The Bertz CT molecular complexity index is 1280. The SMILES string of the molecule is O=C(CCn1c(=O)oc2ccccc21)N1CC[NH+](Cc2cccc3ccccc23)CC1. The van der Waals surface area contributed by atoms with E-state index in [0.717, 1.165) is 38.2 Å². The molecule has 0 radical (unpaired) electrons. The molecule has 0 saturated carbocycles. The summed E-state index contributed by atoms with van der Waals surface area (Å²) in [4.78, 5) is 28.3. The highest BCUT2D eigenvalue weighted by Crippen LogP contribution is 2.18. The Balaban J connectivity index is 1.18. The largest absolute Gasteiger partial charge is 0.419 e. The lowest BCUT2D eigenvalue weighted by Crippen LogP contribution is -3.13. The standard InChI is InChI=1S/C25H25N3O3/c29-24(12-13-28-22-10-3-4-11-23(22)31-25(28)30)27-16-14-26(15-17-27)18-20-8-5-7-19-6-1-2-9-21(19)20/h1-11H,12-18H2/p+1. The Labute approximate surface area is 180 Å². The Morgan fingerprint density at radius 1 is 0.935 bits per heavy atom. The second-order valence-electron chi connectivity index (χ2n) is 8.18. The van der Waals surface area contributed by atoms with Crippen LogP contribution in [0.1, 0.15) is 12.0 Å². The number of carbonyl (C=O) groups excluding carboxylic acids is 1. The van der Waals surface area contributed by atoms with E-state index in [2.05, 4.69) is 42.5 Å². The second kappa shape index (κ2) is 8.40. The Morgan fingerprint density at radius 3 is 2.55 bits per heavy atom. The van der Waals surface area contributed by atoms with Crippen LogP contribution in [0.4, 0.5) is 0 Å². The number of benzene rings is 3. The van der Waals surface area contributed by atoms with Crippen molar-refractivity contribution in [2.24, 2.45) is 0 Å². The summed E-state index contributed by atoms with van der Waals surface area (Å²) in [7, 11) is 0. The van der Waals surface area contributed by atoms with E-state index in [1.807, 2.05) is 23.1 Å². The molecule has 6 heteroatoms. The van der Waals surface area contributed by atoms with Crippen LogP contribution in [0.2, 0.25) is 0 Å². The van der Waals surface area contributed by atoms with Gasteiger partial charge in [-0.3, -0.25) is 9.36 Å². The van der Waals surface area contributed by atoms with Crippen LogP contribution in [0.25, 0.3) is 21.9 Å². The topological polar surface area (TPSA) is 59.9 Å². The van der Waals surface area contributed by atoms with Crippen molar-refractivity contribution < 1.29 is 14.1 Å². The molecule has 1 fully saturated rings. The van der Waals surface area contributed by atoms with E-state index >= 15 is 0 Å². The molecule has 6 nitrogen and oxygen atoms in total. The zero-order chi connectivity index (χ0) is 21.2. The lowest BCUT2D eigenvalue weighted by Gasteiger charge is -2.32. The van der Waals surface area contributed by atoms with Crippen molar-refractivity contribution in [1.29, 1.82) is 0 Å². The van der Waals surface area contributed by atoms with Crippen molar-refractivity contribution in [3.8, 4) is 0 Å². The van der Waals surface area contributed by atoms with Gasteiger partial charge in [-0.1, -0.05) is 54.6 Å². The summed E-state index contributed by atoms with van der Waals surface area (Å²) in [5.41, 5.74) is 2.66. The number of quaternary nitrogens is 1. The van der Waals surface area contributed by atoms with Crippen LogP contribution in [-0.4, -0.2) is 41.6 Å². The number of aromatic nitrogens is 1. The maximum absolute atomic E-state index is 12.8. The highest BCUT2D eigenvalue weighted by molar-refractivity contribution is 5.85. The van der Waals surface area contributed by atoms with Gasteiger partial charge in [0.2, 0.25) is 5.91 Å². The van der Waals surface area contributed by atoms with Gasteiger partial charge < -0.3 is 14.2 Å². The van der Waals surface area contributed by atoms with E-state index in [1.165, 1.54) is 21.2 Å². The molecule has 1 saturated heterocycles. The lowest BCUT2D eigenvalue weighted by molar-refractivity contribution is -0.917. The van der Waals surface area contributed by atoms with E-state index in [-0.39, 0.29) is 5.91 Å². The van der Waals surface area contributed by atoms with Crippen molar-refractivity contribution in [1.82, 2.24) is 9.47 Å². The first kappa shape index (κ1) is 19.6. The number of rotatable bonds is 5. The molecule has 31 heavy (non-hydrogen) atoms. The van der Waals surface area contributed by atoms with Crippen molar-refractivity contribution in [3.05, 3.63) is 82.8 Å². The Hall–Kier alpha value is -3.38. The molecule has 0 aliphatic carbocycles. The smallest absolute Gasteiger partial charge is 0.408 e. The average molecular weight is 417 g/mol. The van der Waals surface area contributed by atoms with Gasteiger partial charge >= 0.3 is 5.76 Å². The maximum Gasteiger partial charge on any atom is 0.419 e. The van der Waals surface area contributed by atoms with E-state index in [4.69, 9.17) is 4.42 Å². The normalized spacial score (nSPS) is 15.0. The first-order chi connectivity index (χ1) is 15.2. The number of carbonyl (C=O) groups is 1. The van der Waals surface area contributed by atoms with Crippen LogP contribution in [-0.2, 0) is 17.9 Å². The first-order valence-corrected chi connectivity index (χ1v) is 10.9. The fourth-order valence-electron chi connectivity index (χ4n) is 4.56. The molecule has 0 atom stereocenters. The van der Waals surface area contributed by atoms with E-state index in [1.54, 1.807) is 10.6 Å². The summed E-state index contributed by atoms with van der Waals surface area (Å²) in [5.74, 6) is -0.306. The van der Waals surface area contributed by atoms with Crippen LogP contribution in [0.3, 0.4) is 0 Å². The van der Waals surface area contributed by atoms with Gasteiger partial charge in [-0.15, -0.1) is 0 Å². The summed E-state index contributed by atoms with van der Waals surface area (Å²) in [6.07, 6.45) is 0.308. The van der Waals surface area contributed by atoms with E-state index in [0.29, 0.717) is 18.5 Å². The third kappa shape index (κ3) is 3.99. The molecule has 1 amide bonds. The quantitative estimate of drug-likeness (QED) is 0.542. The minimum atomic E-state index is -0.404. The lowest BCUT2D eigenvalue weighted by atomic mass is 10.0. The second-order valence-corrected chi connectivity index (χ2v) is 8.18. The van der Waals surface area contributed by atoms with Gasteiger partial charge in [-0.2, -0.15) is 0 Å². The minimum absolute atomic E-state index is 0.0985. The summed E-state index contributed by atoms with van der Waals surface area (Å²) in [5, 5.41) is 2.59. The number of fused-ring (bicyclic) bond motifs is 2. The summed E-state index contributed by atoms with van der Waals surface area (Å²) in [6.45, 7) is 4.69. The number of nitrogens with one attached hydrogen (secondary N) is 1. The summed E-state index contributed by atoms with van der Waals surface area (Å²) in [6, 6.07) is 22.3. The molecule has 5 rings (SSSR count). The summed E-state index contributed by atoms with van der Waals surface area (Å²) < 4.78 is 6.81. The van der Waals surface area contributed by atoms with Crippen LogP contribution in [0.5, 0.6) is 0 Å². The van der Waals surface area contributed by atoms with Crippen molar-refractivity contribution in [3.63, 3.8) is 0 Å². The molecule has 1 N–H and O–H groups in total. The molecule has 1 aliphatic heterocycles. The number of para-hydroxylation sites is 2. The van der Waals surface area contributed by atoms with Crippen LogP contribution in [0.15, 0.2) is 75.9 Å². The number of oxazole rings is 1. The first-order valence-electron chi connectivity index (χ1n) is 10.9. The molecule has 158 valence electrons. The van der Waals surface area contributed by atoms with E-state index in [9.17, 15) is 9.59 Å². The molecular weight excluding hydrogens is 390 g/mol. The number of amides is 1. The highest BCUT2D eigenvalue weighted by atomic mass is 16.4. The van der Waals surface area contributed by atoms with Crippen LogP contribution >= 0.6 is 0 Å².